The SMILES string of the molecule is Cc1nc(CCC(=O)N2CCC3(CC2)CC(=O)N(CC(C)C)C3)n[nH]1. The zero-order chi connectivity index (χ0) is 18.0. The van der Waals surface area contributed by atoms with Crippen LogP contribution in [0.2, 0.25) is 0 Å². The fraction of sp³-hybridized carbons (Fsp3) is 0.778. The number of rotatable bonds is 5. The number of carbonyl (C=O) groups is 2. The first-order valence-electron chi connectivity index (χ1n) is 9.30. The van der Waals surface area contributed by atoms with Crippen LogP contribution in [0.1, 0.15) is 51.2 Å². The monoisotopic (exact) mass is 347 g/mol. The Balaban J connectivity index is 1.48. The molecular weight excluding hydrogens is 318 g/mol. The highest BCUT2D eigenvalue weighted by Crippen LogP contribution is 2.41. The largest absolute Gasteiger partial charge is 0.343 e. The fourth-order valence-corrected chi connectivity index (χ4v) is 4.03. The second kappa shape index (κ2) is 7.14. The molecule has 1 N–H and O–H groups in total. The van der Waals surface area contributed by atoms with Crippen molar-refractivity contribution >= 4 is 11.8 Å². The van der Waals surface area contributed by atoms with E-state index in [4.69, 9.17) is 0 Å². The number of hydrogen-bond acceptors (Lipinski definition) is 4. The van der Waals surface area contributed by atoms with E-state index in [2.05, 4.69) is 29.0 Å². The van der Waals surface area contributed by atoms with E-state index in [0.717, 1.165) is 44.8 Å². The molecule has 1 spiro atoms. The van der Waals surface area contributed by atoms with Crippen LogP contribution < -0.4 is 0 Å². The Labute approximate surface area is 149 Å². The van der Waals surface area contributed by atoms with Crippen molar-refractivity contribution in [3.63, 3.8) is 0 Å². The summed E-state index contributed by atoms with van der Waals surface area (Å²) in [6.45, 7) is 9.38. The third-order valence-electron chi connectivity index (χ3n) is 5.37. The predicted molar refractivity (Wildman–Crippen MR) is 93.7 cm³/mol. The fourth-order valence-electron chi connectivity index (χ4n) is 4.03. The zero-order valence-electron chi connectivity index (χ0n) is 15.5. The minimum absolute atomic E-state index is 0.0869. The molecule has 138 valence electrons. The summed E-state index contributed by atoms with van der Waals surface area (Å²) in [5.41, 5.74) is 0.0869. The first kappa shape index (κ1) is 17.9. The maximum atomic E-state index is 12.4. The molecule has 0 saturated carbocycles. The molecule has 7 nitrogen and oxygen atoms in total. The molecule has 0 bridgehead atoms. The summed E-state index contributed by atoms with van der Waals surface area (Å²) in [5.74, 6) is 2.43. The van der Waals surface area contributed by atoms with Gasteiger partial charge in [-0.15, -0.1) is 0 Å². The van der Waals surface area contributed by atoms with E-state index in [1.165, 1.54) is 0 Å². The average Bonchev–Trinajstić information content (AvgIpc) is 3.09. The van der Waals surface area contributed by atoms with Crippen molar-refractivity contribution in [3.8, 4) is 0 Å². The highest BCUT2D eigenvalue weighted by Gasteiger charge is 2.45. The number of nitrogens with zero attached hydrogens (tertiary/aromatic N) is 4. The molecule has 2 fully saturated rings. The van der Waals surface area contributed by atoms with E-state index in [1.54, 1.807) is 0 Å². The number of amides is 2. The van der Waals surface area contributed by atoms with E-state index in [9.17, 15) is 9.59 Å². The molecule has 1 aromatic heterocycles. The van der Waals surface area contributed by atoms with Crippen LogP contribution in [0, 0.1) is 18.3 Å². The number of hydrogen-bond donors (Lipinski definition) is 1. The normalized spacial score (nSPS) is 20.1. The highest BCUT2D eigenvalue weighted by molar-refractivity contribution is 5.80. The number of H-pyrrole nitrogens is 1. The van der Waals surface area contributed by atoms with Gasteiger partial charge < -0.3 is 9.80 Å². The number of likely N-dealkylation sites (tertiary alicyclic amines) is 2. The van der Waals surface area contributed by atoms with Gasteiger partial charge in [-0.1, -0.05) is 13.8 Å². The zero-order valence-corrected chi connectivity index (χ0v) is 15.5. The average molecular weight is 347 g/mol. The quantitative estimate of drug-likeness (QED) is 0.876. The first-order valence-corrected chi connectivity index (χ1v) is 9.30. The molecule has 0 radical (unpaired) electrons. The Morgan fingerprint density at radius 2 is 2.04 bits per heavy atom. The van der Waals surface area contributed by atoms with Gasteiger partial charge in [-0.3, -0.25) is 14.7 Å². The molecule has 0 unspecified atom stereocenters. The third kappa shape index (κ3) is 4.19. The molecule has 1 aromatic rings. The van der Waals surface area contributed by atoms with Gasteiger partial charge in [-0.05, 0) is 25.7 Å². The highest BCUT2D eigenvalue weighted by atomic mass is 16.2. The Kier molecular flexibility index (Phi) is 5.11. The summed E-state index contributed by atoms with van der Waals surface area (Å²) in [6, 6.07) is 0. The molecule has 3 heterocycles. The number of aromatic nitrogens is 3. The summed E-state index contributed by atoms with van der Waals surface area (Å²) in [6.07, 6.45) is 3.53. The summed E-state index contributed by atoms with van der Waals surface area (Å²) in [5, 5.41) is 6.88. The summed E-state index contributed by atoms with van der Waals surface area (Å²) >= 11 is 0. The van der Waals surface area contributed by atoms with Crippen LogP contribution in [0.3, 0.4) is 0 Å². The summed E-state index contributed by atoms with van der Waals surface area (Å²) in [4.78, 5) is 32.9. The minimum atomic E-state index is 0.0869. The molecule has 2 aliphatic heterocycles. The van der Waals surface area contributed by atoms with Gasteiger partial charge in [0.05, 0.1) is 0 Å². The van der Waals surface area contributed by atoms with Crippen molar-refractivity contribution in [3.05, 3.63) is 11.6 Å². The van der Waals surface area contributed by atoms with Crippen molar-refractivity contribution in [1.82, 2.24) is 25.0 Å². The van der Waals surface area contributed by atoms with Gasteiger partial charge in [0.1, 0.15) is 5.82 Å². The lowest BCUT2D eigenvalue weighted by Gasteiger charge is -2.39. The van der Waals surface area contributed by atoms with Crippen LogP contribution in [0.15, 0.2) is 0 Å². The molecule has 2 aliphatic rings. The van der Waals surface area contributed by atoms with E-state index in [1.807, 2.05) is 16.7 Å². The van der Waals surface area contributed by atoms with Crippen molar-refractivity contribution in [2.24, 2.45) is 11.3 Å². The molecule has 25 heavy (non-hydrogen) atoms. The third-order valence-corrected chi connectivity index (χ3v) is 5.37. The summed E-state index contributed by atoms with van der Waals surface area (Å²) < 4.78 is 0. The number of piperidine rings is 1. The molecule has 7 heteroatoms. The smallest absolute Gasteiger partial charge is 0.223 e. The molecular formula is C18H29N5O2. The Bertz CT molecular complexity index is 631. The van der Waals surface area contributed by atoms with Crippen LogP contribution >= 0.6 is 0 Å². The van der Waals surface area contributed by atoms with Gasteiger partial charge in [0.15, 0.2) is 5.82 Å². The van der Waals surface area contributed by atoms with Crippen molar-refractivity contribution in [2.75, 3.05) is 26.2 Å². The maximum absolute atomic E-state index is 12.4. The van der Waals surface area contributed by atoms with Crippen molar-refractivity contribution in [2.45, 2.75) is 52.9 Å². The van der Waals surface area contributed by atoms with Gasteiger partial charge in [0.2, 0.25) is 11.8 Å². The predicted octanol–water partition coefficient (Wildman–Crippen LogP) is 1.54. The van der Waals surface area contributed by atoms with E-state index >= 15 is 0 Å². The number of nitrogens with one attached hydrogen (secondary N) is 1. The van der Waals surface area contributed by atoms with Crippen molar-refractivity contribution < 1.29 is 9.59 Å². The molecule has 3 rings (SSSR count). The van der Waals surface area contributed by atoms with Gasteiger partial charge >= 0.3 is 0 Å². The van der Waals surface area contributed by atoms with Crippen LogP contribution in [0.5, 0.6) is 0 Å². The number of carbonyl (C=O) groups excluding carboxylic acids is 2. The second-order valence-corrected chi connectivity index (χ2v) is 8.06. The van der Waals surface area contributed by atoms with E-state index < -0.39 is 0 Å². The topological polar surface area (TPSA) is 82.2 Å². The Hall–Kier alpha value is -1.92. The molecule has 0 aromatic carbocycles. The first-order chi connectivity index (χ1) is 11.9. The van der Waals surface area contributed by atoms with Crippen LogP contribution in [0.25, 0.3) is 0 Å². The molecule has 0 aliphatic carbocycles. The van der Waals surface area contributed by atoms with Gasteiger partial charge in [0.25, 0.3) is 0 Å². The minimum Gasteiger partial charge on any atom is -0.343 e. The second-order valence-electron chi connectivity index (χ2n) is 8.06. The van der Waals surface area contributed by atoms with Gasteiger partial charge in [0, 0.05) is 50.9 Å². The van der Waals surface area contributed by atoms with Crippen molar-refractivity contribution in [1.29, 1.82) is 0 Å². The number of aromatic amines is 1. The maximum Gasteiger partial charge on any atom is 0.223 e. The lowest BCUT2D eigenvalue weighted by atomic mass is 9.77. The van der Waals surface area contributed by atoms with Crippen LogP contribution in [-0.4, -0.2) is 63.0 Å². The molecule has 0 atom stereocenters. The lowest BCUT2D eigenvalue weighted by Crippen LogP contribution is -2.44. The van der Waals surface area contributed by atoms with Gasteiger partial charge in [-0.2, -0.15) is 5.10 Å². The molecule has 2 saturated heterocycles. The lowest BCUT2D eigenvalue weighted by molar-refractivity contribution is -0.133. The van der Waals surface area contributed by atoms with Crippen LogP contribution in [-0.2, 0) is 16.0 Å². The standard InChI is InChI=1S/C18H29N5O2/c1-13(2)11-23-12-18(10-17(23)25)6-8-22(9-7-18)16(24)5-4-15-19-14(3)20-21-15/h13H,4-12H2,1-3H3,(H,19,20,21). The molecule has 2 amide bonds. The van der Waals surface area contributed by atoms with E-state index in [0.29, 0.717) is 31.0 Å². The number of aryl methyl sites for hydroxylation is 2. The Morgan fingerprint density at radius 1 is 1.32 bits per heavy atom. The Morgan fingerprint density at radius 3 is 2.64 bits per heavy atom. The van der Waals surface area contributed by atoms with Crippen LogP contribution in [0.4, 0.5) is 0 Å². The van der Waals surface area contributed by atoms with Gasteiger partial charge in [-0.25, -0.2) is 4.98 Å². The van der Waals surface area contributed by atoms with E-state index in [-0.39, 0.29) is 17.2 Å². The summed E-state index contributed by atoms with van der Waals surface area (Å²) in [7, 11) is 0.